The van der Waals surface area contributed by atoms with E-state index in [0.29, 0.717) is 52.2 Å². The normalized spacial score (nSPS) is 21.3. The van der Waals surface area contributed by atoms with Crippen molar-refractivity contribution in [2.24, 2.45) is 7.05 Å². The molecule has 2 aliphatic rings. The van der Waals surface area contributed by atoms with Crippen molar-refractivity contribution in [3.63, 3.8) is 0 Å². The van der Waals surface area contributed by atoms with Gasteiger partial charge in [0.1, 0.15) is 11.9 Å². The van der Waals surface area contributed by atoms with Gasteiger partial charge in [0, 0.05) is 44.8 Å². The average Bonchev–Trinajstić information content (AvgIpc) is 3.05. The van der Waals surface area contributed by atoms with Crippen molar-refractivity contribution in [2.45, 2.75) is 18.9 Å². The molecular weight excluding hydrogens is 354 g/mol. The van der Waals surface area contributed by atoms with Gasteiger partial charge in [0.25, 0.3) is 10.2 Å². The fourth-order valence-electron chi connectivity index (χ4n) is 3.68. The number of piperidine rings is 1. The van der Waals surface area contributed by atoms with Gasteiger partial charge in [-0.1, -0.05) is 6.07 Å². The Labute approximate surface area is 154 Å². The highest BCUT2D eigenvalue weighted by Crippen LogP contribution is 2.29. The molecule has 0 unspecified atom stereocenters. The predicted molar refractivity (Wildman–Crippen MR) is 99.5 cm³/mol. The molecule has 0 spiro atoms. The molecule has 0 N–H and O–H groups in total. The monoisotopic (exact) mass is 379 g/mol. The summed E-state index contributed by atoms with van der Waals surface area (Å²) in [6.45, 7) is 2.81. The Morgan fingerprint density at radius 1 is 1.04 bits per heavy atom. The second-order valence-corrected chi connectivity index (χ2v) is 8.78. The van der Waals surface area contributed by atoms with E-state index in [4.69, 9.17) is 9.47 Å². The number of rotatable bonds is 4. The van der Waals surface area contributed by atoms with Crippen molar-refractivity contribution in [1.29, 1.82) is 0 Å². The number of aryl methyl sites for hydroxylation is 1. The Morgan fingerprint density at radius 3 is 2.46 bits per heavy atom. The first kappa shape index (κ1) is 17.8. The molecule has 0 radical (unpaired) electrons. The summed E-state index contributed by atoms with van der Waals surface area (Å²) in [6.07, 6.45) is 3.46. The largest absolute Gasteiger partial charge is 0.490 e. The van der Waals surface area contributed by atoms with Crippen LogP contribution in [0.2, 0.25) is 0 Å². The van der Waals surface area contributed by atoms with Crippen LogP contribution in [0.4, 0.5) is 0 Å². The van der Waals surface area contributed by atoms with E-state index in [2.05, 4.69) is 16.7 Å². The molecule has 7 nitrogen and oxygen atoms in total. The molecule has 1 aromatic heterocycles. The van der Waals surface area contributed by atoms with Crippen molar-refractivity contribution in [1.82, 2.24) is 13.2 Å². The fourth-order valence-corrected chi connectivity index (χ4v) is 5.29. The van der Waals surface area contributed by atoms with E-state index in [-0.39, 0.29) is 6.10 Å². The topological polar surface area (TPSA) is 64.0 Å². The van der Waals surface area contributed by atoms with Crippen LogP contribution in [0.5, 0.6) is 5.75 Å². The highest BCUT2D eigenvalue weighted by Gasteiger charge is 2.34. The van der Waals surface area contributed by atoms with Crippen molar-refractivity contribution in [3.8, 4) is 5.75 Å². The van der Waals surface area contributed by atoms with E-state index in [1.165, 1.54) is 4.31 Å². The van der Waals surface area contributed by atoms with Crippen molar-refractivity contribution >= 4 is 21.1 Å². The lowest BCUT2D eigenvalue weighted by molar-refractivity contribution is 0.0677. The zero-order valence-electron chi connectivity index (χ0n) is 15.0. The number of nitrogens with zero attached hydrogens (tertiary/aromatic N) is 3. The molecule has 2 fully saturated rings. The Morgan fingerprint density at radius 2 is 1.73 bits per heavy atom. The molecule has 0 atom stereocenters. The molecule has 26 heavy (non-hydrogen) atoms. The van der Waals surface area contributed by atoms with Crippen LogP contribution in [0.25, 0.3) is 10.9 Å². The first-order valence-electron chi connectivity index (χ1n) is 9.09. The number of aromatic nitrogens is 1. The lowest BCUT2D eigenvalue weighted by Gasteiger charge is -2.36. The molecule has 0 saturated carbocycles. The van der Waals surface area contributed by atoms with Gasteiger partial charge < -0.3 is 14.0 Å². The highest BCUT2D eigenvalue weighted by molar-refractivity contribution is 7.86. The number of hydrogen-bond acceptors (Lipinski definition) is 4. The van der Waals surface area contributed by atoms with Crippen LogP contribution >= 0.6 is 0 Å². The minimum atomic E-state index is -3.38. The van der Waals surface area contributed by atoms with Gasteiger partial charge in [-0.2, -0.15) is 17.0 Å². The lowest BCUT2D eigenvalue weighted by Crippen LogP contribution is -2.51. The standard InChI is InChI=1S/C18H25N3O4S/c1-19-8-7-16-17(19)3-2-4-18(16)25-15-5-9-20(10-6-15)26(22,23)21-11-13-24-14-12-21/h2-4,7-8,15H,5-6,9-14H2,1H3. The van der Waals surface area contributed by atoms with Gasteiger partial charge in [0.15, 0.2) is 0 Å². The first-order valence-corrected chi connectivity index (χ1v) is 10.5. The third-order valence-corrected chi connectivity index (χ3v) is 7.24. The molecule has 2 aromatic rings. The van der Waals surface area contributed by atoms with Crippen LogP contribution in [0, 0.1) is 0 Å². The Balaban J connectivity index is 1.40. The molecular formula is C18H25N3O4S. The molecule has 2 saturated heterocycles. The van der Waals surface area contributed by atoms with Gasteiger partial charge >= 0.3 is 0 Å². The molecule has 0 amide bonds. The van der Waals surface area contributed by atoms with Gasteiger partial charge in [-0.25, -0.2) is 0 Å². The summed E-state index contributed by atoms with van der Waals surface area (Å²) < 4.78 is 42.1. The van der Waals surface area contributed by atoms with Crippen LogP contribution in [0.3, 0.4) is 0 Å². The number of fused-ring (bicyclic) bond motifs is 1. The SMILES string of the molecule is Cn1ccc2c(OC3CCN(S(=O)(=O)N4CCOCC4)CC3)cccc21. The molecule has 1 aromatic carbocycles. The van der Waals surface area contributed by atoms with E-state index in [0.717, 1.165) is 16.7 Å². The van der Waals surface area contributed by atoms with E-state index in [1.807, 2.05) is 25.4 Å². The number of benzene rings is 1. The third kappa shape index (κ3) is 3.34. The Bertz CT molecular complexity index is 866. The van der Waals surface area contributed by atoms with Crippen LogP contribution in [0.1, 0.15) is 12.8 Å². The van der Waals surface area contributed by atoms with Gasteiger partial charge in [-0.15, -0.1) is 0 Å². The predicted octanol–water partition coefficient (Wildman–Crippen LogP) is 1.60. The lowest BCUT2D eigenvalue weighted by atomic mass is 10.1. The number of hydrogen-bond donors (Lipinski definition) is 0. The fraction of sp³-hybridized carbons (Fsp3) is 0.556. The van der Waals surface area contributed by atoms with Crippen molar-refractivity contribution in [3.05, 3.63) is 30.5 Å². The second-order valence-electron chi connectivity index (χ2n) is 6.85. The highest BCUT2D eigenvalue weighted by atomic mass is 32.2. The quantitative estimate of drug-likeness (QED) is 0.809. The summed E-state index contributed by atoms with van der Waals surface area (Å²) in [5.41, 5.74) is 1.13. The van der Waals surface area contributed by atoms with Crippen LogP contribution in [-0.4, -0.2) is 67.1 Å². The summed E-state index contributed by atoms with van der Waals surface area (Å²) in [5, 5.41) is 1.10. The second kappa shape index (κ2) is 7.19. The summed E-state index contributed by atoms with van der Waals surface area (Å²) >= 11 is 0. The van der Waals surface area contributed by atoms with Gasteiger partial charge in [-0.05, 0) is 31.0 Å². The molecule has 8 heteroatoms. The van der Waals surface area contributed by atoms with Crippen molar-refractivity contribution in [2.75, 3.05) is 39.4 Å². The molecule has 4 rings (SSSR count). The minimum Gasteiger partial charge on any atom is -0.490 e. The summed E-state index contributed by atoms with van der Waals surface area (Å²) in [5.74, 6) is 0.873. The summed E-state index contributed by atoms with van der Waals surface area (Å²) in [6, 6.07) is 8.11. The smallest absolute Gasteiger partial charge is 0.282 e. The zero-order chi connectivity index (χ0) is 18.1. The Kier molecular flexibility index (Phi) is 4.92. The van der Waals surface area contributed by atoms with Gasteiger partial charge in [0.05, 0.1) is 18.7 Å². The molecule has 2 aliphatic heterocycles. The Hall–Kier alpha value is -1.61. The van der Waals surface area contributed by atoms with E-state index < -0.39 is 10.2 Å². The van der Waals surface area contributed by atoms with Crippen LogP contribution in [0.15, 0.2) is 30.5 Å². The summed E-state index contributed by atoms with van der Waals surface area (Å²) in [7, 11) is -1.37. The van der Waals surface area contributed by atoms with Crippen LogP contribution in [-0.2, 0) is 22.0 Å². The van der Waals surface area contributed by atoms with Crippen LogP contribution < -0.4 is 4.74 Å². The van der Waals surface area contributed by atoms with E-state index in [1.54, 1.807) is 4.31 Å². The molecule has 3 heterocycles. The van der Waals surface area contributed by atoms with Gasteiger partial charge in [0.2, 0.25) is 0 Å². The maximum atomic E-state index is 12.7. The molecule has 142 valence electrons. The minimum absolute atomic E-state index is 0.0388. The molecule has 0 aliphatic carbocycles. The average molecular weight is 379 g/mol. The zero-order valence-corrected chi connectivity index (χ0v) is 15.8. The number of morpholine rings is 1. The number of ether oxygens (including phenoxy) is 2. The molecule has 0 bridgehead atoms. The van der Waals surface area contributed by atoms with E-state index >= 15 is 0 Å². The third-order valence-electron chi connectivity index (χ3n) is 5.21. The maximum absolute atomic E-state index is 12.7. The first-order chi connectivity index (χ1) is 12.6. The van der Waals surface area contributed by atoms with E-state index in [9.17, 15) is 8.42 Å². The maximum Gasteiger partial charge on any atom is 0.282 e. The van der Waals surface area contributed by atoms with Crippen molar-refractivity contribution < 1.29 is 17.9 Å². The summed E-state index contributed by atoms with van der Waals surface area (Å²) in [4.78, 5) is 0. The van der Waals surface area contributed by atoms with Gasteiger partial charge in [-0.3, -0.25) is 0 Å².